The molecule has 3 aromatic rings. The van der Waals surface area contributed by atoms with E-state index in [1.54, 1.807) is 12.1 Å². The van der Waals surface area contributed by atoms with Crippen molar-refractivity contribution in [1.82, 2.24) is 9.88 Å². The minimum atomic E-state index is -0.802. The molecule has 6 nitrogen and oxygen atoms in total. The molecule has 0 aliphatic carbocycles. The zero-order valence-electron chi connectivity index (χ0n) is 18.9. The average molecular weight is 462 g/mol. The molecule has 33 heavy (non-hydrogen) atoms. The Morgan fingerprint density at radius 2 is 1.61 bits per heavy atom. The van der Waals surface area contributed by atoms with E-state index in [0.717, 1.165) is 39.5 Å². The molecule has 0 bridgehead atoms. The number of hydrogen-bond acceptors (Lipinski definition) is 3. The number of anilines is 1. The zero-order chi connectivity index (χ0) is 23.9. The molecule has 1 aromatic heterocycles. The first kappa shape index (κ1) is 22.6. The highest BCUT2D eigenvalue weighted by Crippen LogP contribution is 2.28. The molecule has 4 rings (SSSR count). The molecule has 0 unspecified atom stereocenters. The molecule has 1 aliphatic rings. The van der Waals surface area contributed by atoms with Crippen LogP contribution in [0.15, 0.2) is 54.1 Å². The number of benzene rings is 2. The lowest BCUT2D eigenvalue weighted by molar-refractivity contribution is -0.122. The number of nitrogens with zero attached hydrogens (tertiary/aromatic N) is 2. The Morgan fingerprint density at radius 1 is 0.939 bits per heavy atom. The van der Waals surface area contributed by atoms with Crippen molar-refractivity contribution in [2.45, 2.75) is 34.1 Å². The number of barbiturate groups is 1. The van der Waals surface area contributed by atoms with Crippen molar-refractivity contribution in [2.75, 3.05) is 4.90 Å². The van der Waals surface area contributed by atoms with E-state index in [-0.39, 0.29) is 5.57 Å². The summed E-state index contributed by atoms with van der Waals surface area (Å²) in [6, 6.07) is 14.3. The number of rotatable bonds is 4. The number of carbonyl (C=O) groups excluding carboxylic acids is 3. The second kappa shape index (κ2) is 8.71. The van der Waals surface area contributed by atoms with Crippen LogP contribution < -0.4 is 10.2 Å². The van der Waals surface area contributed by atoms with E-state index in [1.165, 1.54) is 17.7 Å². The van der Waals surface area contributed by atoms with Gasteiger partial charge in [0, 0.05) is 22.1 Å². The summed E-state index contributed by atoms with van der Waals surface area (Å²) in [6.45, 7) is 7.83. The van der Waals surface area contributed by atoms with E-state index in [4.69, 9.17) is 11.6 Å². The topological polar surface area (TPSA) is 71.4 Å². The number of aromatic nitrogens is 1. The zero-order valence-corrected chi connectivity index (χ0v) is 19.7. The summed E-state index contributed by atoms with van der Waals surface area (Å²) in [7, 11) is 0. The van der Waals surface area contributed by atoms with Gasteiger partial charge >= 0.3 is 6.03 Å². The predicted octanol–water partition coefficient (Wildman–Crippen LogP) is 5.28. The largest absolute Gasteiger partial charge is 0.335 e. The van der Waals surface area contributed by atoms with Crippen molar-refractivity contribution >= 4 is 41.2 Å². The van der Waals surface area contributed by atoms with Gasteiger partial charge < -0.3 is 4.57 Å². The van der Waals surface area contributed by atoms with Crippen LogP contribution in [-0.2, 0) is 16.0 Å². The fourth-order valence-corrected chi connectivity index (χ4v) is 4.15. The third kappa shape index (κ3) is 4.10. The SMILES string of the molecule is CCc1ccc(-n2c(C)cc(/C=C3/C(=O)NC(=O)N(c4ccc(C)c(Cl)c4)C3=O)c2C)cc1. The third-order valence-electron chi connectivity index (χ3n) is 5.89. The van der Waals surface area contributed by atoms with Gasteiger partial charge in [-0.1, -0.05) is 36.7 Å². The van der Waals surface area contributed by atoms with Gasteiger partial charge in [-0.2, -0.15) is 0 Å². The van der Waals surface area contributed by atoms with Crippen LogP contribution in [0.25, 0.3) is 11.8 Å². The molecule has 7 heteroatoms. The van der Waals surface area contributed by atoms with E-state index < -0.39 is 17.8 Å². The molecule has 0 spiro atoms. The summed E-state index contributed by atoms with van der Waals surface area (Å²) in [6.07, 6.45) is 2.49. The third-order valence-corrected chi connectivity index (χ3v) is 6.30. The lowest BCUT2D eigenvalue weighted by Crippen LogP contribution is -2.54. The van der Waals surface area contributed by atoms with Gasteiger partial charge in [-0.25, -0.2) is 9.69 Å². The number of halogens is 1. The first-order chi connectivity index (χ1) is 15.7. The standard InChI is InChI=1S/C26H24ClN3O3/c1-5-18-7-10-20(11-8-18)29-16(3)12-19(17(29)4)13-22-24(31)28-26(33)30(25(22)32)21-9-6-15(2)23(27)14-21/h6-14H,5H2,1-4H3,(H,28,31,33)/b22-13-. The Balaban J connectivity index is 1.74. The summed E-state index contributed by atoms with van der Waals surface area (Å²) in [5, 5.41) is 2.68. The van der Waals surface area contributed by atoms with E-state index in [9.17, 15) is 14.4 Å². The molecule has 1 fully saturated rings. The smallest absolute Gasteiger partial charge is 0.318 e. The number of hydrogen-bond donors (Lipinski definition) is 1. The number of nitrogens with one attached hydrogen (secondary N) is 1. The molecular weight excluding hydrogens is 438 g/mol. The second-order valence-electron chi connectivity index (χ2n) is 8.07. The van der Waals surface area contributed by atoms with Crippen molar-refractivity contribution in [3.05, 3.63) is 87.2 Å². The van der Waals surface area contributed by atoms with Gasteiger partial charge in [-0.3, -0.25) is 14.9 Å². The lowest BCUT2D eigenvalue weighted by Gasteiger charge is -2.26. The van der Waals surface area contributed by atoms with E-state index in [2.05, 4.69) is 41.1 Å². The van der Waals surface area contributed by atoms with Gasteiger partial charge in [0.2, 0.25) is 0 Å². The highest BCUT2D eigenvalue weighted by Gasteiger charge is 2.37. The molecule has 4 amide bonds. The first-order valence-corrected chi connectivity index (χ1v) is 11.0. The van der Waals surface area contributed by atoms with Crippen LogP contribution in [0.3, 0.4) is 0 Å². The Kier molecular flexibility index (Phi) is 5.95. The Bertz CT molecular complexity index is 1320. The number of urea groups is 1. The molecule has 0 saturated carbocycles. The quantitative estimate of drug-likeness (QED) is 0.424. The second-order valence-corrected chi connectivity index (χ2v) is 8.48. The maximum absolute atomic E-state index is 13.2. The molecule has 0 radical (unpaired) electrons. The monoisotopic (exact) mass is 461 g/mol. The summed E-state index contributed by atoms with van der Waals surface area (Å²) in [4.78, 5) is 39.2. The van der Waals surface area contributed by atoms with Crippen LogP contribution in [0.5, 0.6) is 0 Å². The van der Waals surface area contributed by atoms with Crippen molar-refractivity contribution in [2.24, 2.45) is 0 Å². The summed E-state index contributed by atoms with van der Waals surface area (Å²) < 4.78 is 2.07. The molecule has 2 heterocycles. The van der Waals surface area contributed by atoms with Crippen LogP contribution in [0.4, 0.5) is 10.5 Å². The number of imide groups is 2. The van der Waals surface area contributed by atoms with Crippen molar-refractivity contribution < 1.29 is 14.4 Å². The predicted molar refractivity (Wildman–Crippen MR) is 130 cm³/mol. The van der Waals surface area contributed by atoms with Crippen molar-refractivity contribution in [3.63, 3.8) is 0 Å². The van der Waals surface area contributed by atoms with Crippen LogP contribution >= 0.6 is 11.6 Å². The minimum absolute atomic E-state index is 0.118. The number of aryl methyl sites for hydroxylation is 3. The van der Waals surface area contributed by atoms with Gasteiger partial charge in [0.15, 0.2) is 0 Å². The van der Waals surface area contributed by atoms with Crippen molar-refractivity contribution in [3.8, 4) is 5.69 Å². The molecule has 0 atom stereocenters. The summed E-state index contributed by atoms with van der Waals surface area (Å²) in [5.74, 6) is -1.42. The molecule has 1 saturated heterocycles. The van der Waals surface area contributed by atoms with E-state index in [1.807, 2.05) is 26.8 Å². The van der Waals surface area contributed by atoms with E-state index in [0.29, 0.717) is 10.7 Å². The molecular formula is C26H24ClN3O3. The normalized spacial score (nSPS) is 15.4. The fourth-order valence-electron chi connectivity index (χ4n) is 3.98. The van der Waals surface area contributed by atoms with Gasteiger partial charge in [-0.05, 0) is 80.3 Å². The van der Waals surface area contributed by atoms with Crippen LogP contribution in [0.2, 0.25) is 5.02 Å². The molecule has 2 aromatic carbocycles. The van der Waals surface area contributed by atoms with Crippen LogP contribution in [0.1, 0.15) is 35.0 Å². The maximum atomic E-state index is 13.2. The molecule has 1 aliphatic heterocycles. The van der Waals surface area contributed by atoms with E-state index >= 15 is 0 Å². The minimum Gasteiger partial charge on any atom is -0.318 e. The highest BCUT2D eigenvalue weighted by atomic mass is 35.5. The lowest BCUT2D eigenvalue weighted by atomic mass is 10.1. The van der Waals surface area contributed by atoms with Gasteiger partial charge in [-0.15, -0.1) is 0 Å². The number of amides is 4. The maximum Gasteiger partial charge on any atom is 0.335 e. The van der Waals surface area contributed by atoms with Crippen LogP contribution in [-0.4, -0.2) is 22.4 Å². The Morgan fingerprint density at radius 3 is 2.24 bits per heavy atom. The fraction of sp³-hybridized carbons (Fsp3) is 0.192. The number of carbonyl (C=O) groups is 3. The Labute approximate surface area is 197 Å². The van der Waals surface area contributed by atoms with Gasteiger partial charge in [0.25, 0.3) is 11.8 Å². The van der Waals surface area contributed by atoms with Crippen LogP contribution in [0, 0.1) is 20.8 Å². The molecule has 1 N–H and O–H groups in total. The average Bonchev–Trinajstić information content (AvgIpc) is 3.06. The summed E-state index contributed by atoms with van der Waals surface area (Å²) >= 11 is 6.19. The van der Waals surface area contributed by atoms with Gasteiger partial charge in [0.05, 0.1) is 5.69 Å². The van der Waals surface area contributed by atoms with Crippen molar-refractivity contribution in [1.29, 1.82) is 0 Å². The molecule has 168 valence electrons. The highest BCUT2D eigenvalue weighted by molar-refractivity contribution is 6.39. The Hall–Kier alpha value is -3.64. The summed E-state index contributed by atoms with van der Waals surface area (Å²) in [5.41, 5.74) is 5.81. The van der Waals surface area contributed by atoms with Gasteiger partial charge in [0.1, 0.15) is 5.57 Å². The first-order valence-electron chi connectivity index (χ1n) is 10.7.